The highest BCUT2D eigenvalue weighted by Crippen LogP contribution is 2.32. The van der Waals surface area contributed by atoms with E-state index in [-0.39, 0.29) is 5.91 Å². The van der Waals surface area contributed by atoms with Crippen LogP contribution in [0, 0.1) is 6.92 Å². The molecule has 1 aliphatic rings. The number of hydrogen-bond acceptors (Lipinski definition) is 6. The Hall–Kier alpha value is -3.95. The van der Waals surface area contributed by atoms with Crippen LogP contribution in [0.15, 0.2) is 54.9 Å². The zero-order valence-corrected chi connectivity index (χ0v) is 18.6. The summed E-state index contributed by atoms with van der Waals surface area (Å²) in [5.41, 5.74) is 3.05. The number of hydrogen-bond donors (Lipinski definition) is 2. The molecule has 4 rings (SSSR count). The highest BCUT2D eigenvalue weighted by molar-refractivity contribution is 5.90. The Labute approximate surface area is 194 Å². The summed E-state index contributed by atoms with van der Waals surface area (Å²) < 4.78 is 39.1. The number of rotatable bonds is 5. The average molecular weight is 468 g/mol. The van der Waals surface area contributed by atoms with E-state index in [1.54, 1.807) is 6.07 Å². The summed E-state index contributed by atoms with van der Waals surface area (Å²) in [6.07, 6.45) is -0.500. The van der Waals surface area contributed by atoms with Crippen LogP contribution in [0.4, 0.5) is 36.4 Å². The molecule has 1 aliphatic heterocycles. The summed E-state index contributed by atoms with van der Waals surface area (Å²) in [4.78, 5) is 26.3. The molecule has 7 nitrogen and oxygen atoms in total. The maximum absolute atomic E-state index is 13.0. The molecule has 0 saturated heterocycles. The van der Waals surface area contributed by atoms with Gasteiger partial charge in [-0.25, -0.2) is 9.97 Å². The second-order valence-electron chi connectivity index (χ2n) is 7.90. The SMILES string of the molecule is CC(=O)Nc1cccc(Nc2ncnc(N3CC=C(c4cccc(C(F)(F)F)c4)CC3)n2)c1C. The summed E-state index contributed by atoms with van der Waals surface area (Å²) in [5.74, 6) is 0.651. The molecule has 0 bridgehead atoms. The molecule has 1 aromatic heterocycles. The van der Waals surface area contributed by atoms with Gasteiger partial charge < -0.3 is 15.5 Å². The van der Waals surface area contributed by atoms with Crippen LogP contribution in [-0.2, 0) is 11.0 Å². The van der Waals surface area contributed by atoms with Gasteiger partial charge in [-0.3, -0.25) is 4.79 Å². The molecule has 1 amide bonds. The topological polar surface area (TPSA) is 83.0 Å². The lowest BCUT2D eigenvalue weighted by Gasteiger charge is -2.27. The number of carbonyl (C=O) groups is 1. The first-order valence-corrected chi connectivity index (χ1v) is 10.7. The lowest BCUT2D eigenvalue weighted by molar-refractivity contribution is -0.137. The molecule has 0 unspecified atom stereocenters. The fourth-order valence-corrected chi connectivity index (χ4v) is 3.73. The number of nitrogens with one attached hydrogen (secondary N) is 2. The van der Waals surface area contributed by atoms with Gasteiger partial charge in [-0.1, -0.05) is 24.3 Å². The molecule has 3 aromatic rings. The van der Waals surface area contributed by atoms with Gasteiger partial charge >= 0.3 is 6.18 Å². The van der Waals surface area contributed by atoms with Gasteiger partial charge in [0.1, 0.15) is 6.33 Å². The number of amides is 1. The van der Waals surface area contributed by atoms with Crippen LogP contribution >= 0.6 is 0 Å². The lowest BCUT2D eigenvalue weighted by atomic mass is 9.98. The maximum atomic E-state index is 13.0. The Balaban J connectivity index is 1.49. The molecule has 0 fully saturated rings. The van der Waals surface area contributed by atoms with Crippen molar-refractivity contribution < 1.29 is 18.0 Å². The second kappa shape index (κ2) is 9.50. The Bertz CT molecular complexity index is 1240. The van der Waals surface area contributed by atoms with E-state index in [0.717, 1.165) is 22.9 Å². The van der Waals surface area contributed by atoms with Crippen molar-refractivity contribution in [3.05, 3.63) is 71.6 Å². The van der Waals surface area contributed by atoms with Crippen molar-refractivity contribution in [3.63, 3.8) is 0 Å². The van der Waals surface area contributed by atoms with Crippen molar-refractivity contribution in [2.24, 2.45) is 0 Å². The molecule has 2 N–H and O–H groups in total. The second-order valence-corrected chi connectivity index (χ2v) is 7.90. The molecule has 0 atom stereocenters. The molecule has 0 radical (unpaired) electrons. The van der Waals surface area contributed by atoms with Crippen molar-refractivity contribution in [3.8, 4) is 0 Å². The van der Waals surface area contributed by atoms with Crippen LogP contribution in [0.25, 0.3) is 5.57 Å². The smallest absolute Gasteiger partial charge is 0.337 e. The molecule has 34 heavy (non-hydrogen) atoms. The molecule has 0 saturated carbocycles. The first kappa shape index (κ1) is 23.2. The minimum absolute atomic E-state index is 0.162. The number of benzene rings is 2. The number of carbonyl (C=O) groups excluding carboxylic acids is 1. The van der Waals surface area contributed by atoms with E-state index in [4.69, 9.17) is 0 Å². The molecular formula is C24H23F3N6O. The molecule has 2 aromatic carbocycles. The predicted molar refractivity (Wildman–Crippen MR) is 125 cm³/mol. The zero-order chi connectivity index (χ0) is 24.3. The lowest BCUT2D eigenvalue weighted by Crippen LogP contribution is -2.30. The van der Waals surface area contributed by atoms with E-state index < -0.39 is 11.7 Å². The van der Waals surface area contributed by atoms with Gasteiger partial charge in [0.15, 0.2) is 0 Å². The first-order valence-electron chi connectivity index (χ1n) is 10.7. The Morgan fingerprint density at radius 1 is 1.09 bits per heavy atom. The molecule has 10 heteroatoms. The Morgan fingerprint density at radius 2 is 1.85 bits per heavy atom. The highest BCUT2D eigenvalue weighted by Gasteiger charge is 2.30. The molecule has 2 heterocycles. The van der Waals surface area contributed by atoms with E-state index in [9.17, 15) is 18.0 Å². The third-order valence-corrected chi connectivity index (χ3v) is 5.50. The predicted octanol–water partition coefficient (Wildman–Crippen LogP) is 5.19. The minimum Gasteiger partial charge on any atom is -0.337 e. The third-order valence-electron chi connectivity index (χ3n) is 5.50. The van der Waals surface area contributed by atoms with Crippen LogP contribution in [0.3, 0.4) is 0 Å². The summed E-state index contributed by atoms with van der Waals surface area (Å²) in [5, 5.41) is 5.94. The largest absolute Gasteiger partial charge is 0.416 e. The normalized spacial score (nSPS) is 13.9. The van der Waals surface area contributed by atoms with Crippen molar-refractivity contribution in [1.29, 1.82) is 0 Å². The molecule has 176 valence electrons. The average Bonchev–Trinajstić information content (AvgIpc) is 2.81. The van der Waals surface area contributed by atoms with Crippen molar-refractivity contribution >= 4 is 34.8 Å². The fraction of sp³-hybridized carbons (Fsp3) is 0.250. The van der Waals surface area contributed by atoms with Gasteiger partial charge in [0, 0.05) is 31.4 Å². The Kier molecular flexibility index (Phi) is 6.49. The monoisotopic (exact) mass is 468 g/mol. The fourth-order valence-electron chi connectivity index (χ4n) is 3.73. The van der Waals surface area contributed by atoms with Crippen molar-refractivity contribution in [2.75, 3.05) is 28.6 Å². The summed E-state index contributed by atoms with van der Waals surface area (Å²) in [6, 6.07) is 10.9. The minimum atomic E-state index is -4.37. The maximum Gasteiger partial charge on any atom is 0.416 e. The van der Waals surface area contributed by atoms with Crippen LogP contribution < -0.4 is 15.5 Å². The molecular weight excluding hydrogens is 445 g/mol. The number of anilines is 4. The van der Waals surface area contributed by atoms with Gasteiger partial charge in [-0.15, -0.1) is 0 Å². The number of alkyl halides is 3. The van der Waals surface area contributed by atoms with Gasteiger partial charge in [-0.2, -0.15) is 18.2 Å². The van der Waals surface area contributed by atoms with E-state index in [0.29, 0.717) is 42.7 Å². The third kappa shape index (κ3) is 5.33. The van der Waals surface area contributed by atoms with Gasteiger partial charge in [0.2, 0.25) is 17.8 Å². The van der Waals surface area contributed by atoms with E-state index >= 15 is 0 Å². The summed E-state index contributed by atoms with van der Waals surface area (Å²) in [6.45, 7) is 4.35. The summed E-state index contributed by atoms with van der Waals surface area (Å²) >= 11 is 0. The van der Waals surface area contributed by atoms with Crippen molar-refractivity contribution in [2.45, 2.75) is 26.4 Å². The standard InChI is InChI=1S/C24H23F3N6O/c1-15-20(30-16(2)34)7-4-8-21(15)31-22-28-14-29-23(32-22)33-11-9-17(10-12-33)18-5-3-6-19(13-18)24(25,26)27/h3-9,13-14H,10-12H2,1-2H3,(H,30,34)(H,28,29,31,32). The first-order chi connectivity index (χ1) is 16.2. The number of halogens is 3. The summed E-state index contributed by atoms with van der Waals surface area (Å²) in [7, 11) is 0. The molecule has 0 aliphatic carbocycles. The van der Waals surface area contributed by atoms with Crippen LogP contribution in [-0.4, -0.2) is 33.9 Å². The van der Waals surface area contributed by atoms with E-state index in [1.165, 1.54) is 25.4 Å². The molecule has 0 spiro atoms. The van der Waals surface area contributed by atoms with Gasteiger partial charge in [0.05, 0.1) is 5.56 Å². The van der Waals surface area contributed by atoms with Crippen LogP contribution in [0.2, 0.25) is 0 Å². The highest BCUT2D eigenvalue weighted by atomic mass is 19.4. The van der Waals surface area contributed by atoms with E-state index in [1.807, 2.05) is 36.1 Å². The van der Waals surface area contributed by atoms with Gasteiger partial charge in [0.25, 0.3) is 0 Å². The van der Waals surface area contributed by atoms with E-state index in [2.05, 4.69) is 25.6 Å². The Morgan fingerprint density at radius 3 is 2.56 bits per heavy atom. The van der Waals surface area contributed by atoms with Crippen molar-refractivity contribution in [1.82, 2.24) is 15.0 Å². The van der Waals surface area contributed by atoms with Crippen LogP contribution in [0.1, 0.15) is 30.0 Å². The zero-order valence-electron chi connectivity index (χ0n) is 18.6. The number of aromatic nitrogens is 3. The van der Waals surface area contributed by atoms with Crippen LogP contribution in [0.5, 0.6) is 0 Å². The van der Waals surface area contributed by atoms with Gasteiger partial charge in [-0.05, 0) is 54.3 Å². The number of nitrogens with zero attached hydrogens (tertiary/aromatic N) is 4. The quantitative estimate of drug-likeness (QED) is 0.536.